The molecule has 7 nitrogen and oxygen atoms in total. The second-order valence-electron chi connectivity index (χ2n) is 5.95. The summed E-state index contributed by atoms with van der Waals surface area (Å²) >= 11 is 5.75. The zero-order valence-electron chi connectivity index (χ0n) is 15.4. The van der Waals surface area contributed by atoms with E-state index >= 15 is 0 Å². The van der Waals surface area contributed by atoms with Crippen LogP contribution in [-0.4, -0.2) is 31.4 Å². The molecule has 1 saturated carbocycles. The van der Waals surface area contributed by atoms with Gasteiger partial charge >= 0.3 is 47.6 Å². The van der Waals surface area contributed by atoms with Crippen molar-refractivity contribution in [3.05, 3.63) is 29.3 Å². The van der Waals surface area contributed by atoms with E-state index in [2.05, 4.69) is 5.32 Å². The van der Waals surface area contributed by atoms with Crippen LogP contribution >= 0.6 is 11.6 Å². The van der Waals surface area contributed by atoms with Gasteiger partial charge in [-0.1, -0.05) is 24.4 Å². The molecule has 1 aliphatic rings. The zero-order valence-corrected chi connectivity index (χ0v) is 18.1. The Bertz CT molecular complexity index is 619. The van der Waals surface area contributed by atoms with Gasteiger partial charge < -0.3 is 19.5 Å². The molecule has 0 bridgehead atoms. The van der Waals surface area contributed by atoms with Gasteiger partial charge in [-0.3, -0.25) is 9.59 Å². The summed E-state index contributed by atoms with van der Waals surface area (Å²) in [6.45, 7) is -0.162. The molecule has 0 aliphatic heterocycles. The summed E-state index contributed by atoms with van der Waals surface area (Å²) in [6, 6.07) is 6.45. The Balaban J connectivity index is 0.00000364. The Morgan fingerprint density at radius 3 is 2.41 bits per heavy atom. The number of carbonyl (C=O) groups is 3. The molecule has 1 amide bonds. The second kappa shape index (κ2) is 13.0. The largest absolute Gasteiger partial charge is 1.00 e. The Kier molecular flexibility index (Phi) is 11.4. The van der Waals surface area contributed by atoms with Gasteiger partial charge in [-0.15, -0.1) is 0 Å². The summed E-state index contributed by atoms with van der Waals surface area (Å²) in [5.74, 6) is -0.391. The molecular weight excluding hydrogens is 385 g/mol. The smallest absolute Gasteiger partial charge is 0.428 e. The van der Waals surface area contributed by atoms with E-state index in [1.54, 1.807) is 24.3 Å². The molecule has 1 aliphatic carbocycles. The predicted molar refractivity (Wildman–Crippen MR) is 93.7 cm³/mol. The number of nitrogens with one attached hydrogen (secondary N) is 1. The summed E-state index contributed by atoms with van der Waals surface area (Å²) in [5, 5.41) is 3.03. The van der Waals surface area contributed by atoms with Gasteiger partial charge in [0.1, 0.15) is 5.75 Å². The summed E-state index contributed by atoms with van der Waals surface area (Å²) in [4.78, 5) is 34.8. The van der Waals surface area contributed by atoms with E-state index in [-0.39, 0.29) is 54.4 Å². The fourth-order valence-corrected chi connectivity index (χ4v) is 2.71. The van der Waals surface area contributed by atoms with E-state index in [1.807, 2.05) is 0 Å². The minimum absolute atomic E-state index is 0. The van der Waals surface area contributed by atoms with Crippen LogP contribution in [-0.2, 0) is 19.1 Å². The predicted octanol–water partition coefficient (Wildman–Crippen LogP) is 0.447. The average molecular weight is 407 g/mol. The quantitative estimate of drug-likeness (QED) is 0.221. The van der Waals surface area contributed by atoms with Crippen LogP contribution in [0, 0.1) is 5.92 Å². The fourth-order valence-electron chi connectivity index (χ4n) is 2.58. The van der Waals surface area contributed by atoms with Crippen molar-refractivity contribution < 1.29 is 58.2 Å². The van der Waals surface area contributed by atoms with Crippen LogP contribution in [0.15, 0.2) is 24.3 Å². The number of alkyl carbamates (subject to hydrolysis) is 1. The van der Waals surface area contributed by atoms with Gasteiger partial charge in [-0.25, -0.2) is 4.79 Å². The molecule has 0 unspecified atom stereocenters. The molecule has 0 aromatic heterocycles. The standard InChI is InChI=1S/C18H22ClNO6.Na/c19-14-7-9-15(10-8-14)26-16(21)6-3-11-20-18(23)25-12-24-17(22)13-4-1-2-5-13;/h7-10,13H,1-6,11-12H2,(H,20,23);/q;+1. The number of esters is 2. The summed E-state index contributed by atoms with van der Waals surface area (Å²) in [7, 11) is 0. The van der Waals surface area contributed by atoms with Crippen molar-refractivity contribution in [1.82, 2.24) is 5.32 Å². The van der Waals surface area contributed by atoms with Gasteiger partial charge in [0, 0.05) is 18.0 Å². The van der Waals surface area contributed by atoms with E-state index in [1.165, 1.54) is 0 Å². The number of hydrogen-bond acceptors (Lipinski definition) is 6. The summed E-state index contributed by atoms with van der Waals surface area (Å²) in [5.41, 5.74) is 0. The first kappa shape index (κ1) is 23.8. The van der Waals surface area contributed by atoms with Gasteiger partial charge in [0.25, 0.3) is 0 Å². The van der Waals surface area contributed by atoms with E-state index < -0.39 is 18.9 Å². The van der Waals surface area contributed by atoms with E-state index in [4.69, 9.17) is 25.8 Å². The molecule has 0 atom stereocenters. The Hall–Kier alpha value is -1.28. The van der Waals surface area contributed by atoms with Crippen molar-refractivity contribution in [3.63, 3.8) is 0 Å². The van der Waals surface area contributed by atoms with Crippen molar-refractivity contribution in [3.8, 4) is 5.75 Å². The van der Waals surface area contributed by atoms with Gasteiger partial charge in [-0.2, -0.15) is 0 Å². The van der Waals surface area contributed by atoms with E-state index in [0.717, 1.165) is 25.7 Å². The van der Waals surface area contributed by atoms with Crippen LogP contribution in [0.5, 0.6) is 5.75 Å². The van der Waals surface area contributed by atoms with Gasteiger partial charge in [0.2, 0.25) is 6.79 Å². The van der Waals surface area contributed by atoms with Crippen molar-refractivity contribution in [2.24, 2.45) is 5.92 Å². The molecule has 27 heavy (non-hydrogen) atoms. The SMILES string of the molecule is O=C(CCCNC(=O)OCOC(=O)C1CCCC1)Oc1ccc(Cl)cc1.[Na+]. The minimum atomic E-state index is -0.699. The monoisotopic (exact) mass is 406 g/mol. The maximum Gasteiger partial charge on any atom is 1.00 e. The Morgan fingerprint density at radius 2 is 1.74 bits per heavy atom. The van der Waals surface area contributed by atoms with E-state index in [0.29, 0.717) is 17.2 Å². The second-order valence-corrected chi connectivity index (χ2v) is 6.39. The summed E-state index contributed by atoms with van der Waals surface area (Å²) in [6.07, 6.45) is 3.55. The first-order valence-electron chi connectivity index (χ1n) is 8.58. The number of hydrogen-bond donors (Lipinski definition) is 1. The normalized spacial score (nSPS) is 13.4. The van der Waals surface area contributed by atoms with Crippen molar-refractivity contribution >= 4 is 29.6 Å². The third kappa shape index (κ3) is 9.46. The maximum absolute atomic E-state index is 11.7. The van der Waals surface area contributed by atoms with Crippen molar-refractivity contribution in [2.45, 2.75) is 38.5 Å². The Morgan fingerprint density at radius 1 is 1.07 bits per heavy atom. The summed E-state index contributed by atoms with van der Waals surface area (Å²) < 4.78 is 14.8. The molecule has 1 aromatic rings. The number of benzene rings is 1. The Labute approximate surface area is 185 Å². The number of ether oxygens (including phenoxy) is 3. The number of halogens is 1. The number of amides is 1. The van der Waals surface area contributed by atoms with E-state index in [9.17, 15) is 14.4 Å². The van der Waals surface area contributed by atoms with Crippen LogP contribution in [0.3, 0.4) is 0 Å². The maximum atomic E-state index is 11.7. The third-order valence-corrected chi connectivity index (χ3v) is 4.20. The van der Waals surface area contributed by atoms with Crippen molar-refractivity contribution in [2.75, 3.05) is 13.3 Å². The minimum Gasteiger partial charge on any atom is -0.428 e. The molecule has 2 rings (SSSR count). The molecule has 9 heteroatoms. The van der Waals surface area contributed by atoms with Crippen LogP contribution in [0.1, 0.15) is 38.5 Å². The zero-order chi connectivity index (χ0) is 18.8. The third-order valence-electron chi connectivity index (χ3n) is 3.95. The first-order valence-corrected chi connectivity index (χ1v) is 8.96. The molecule has 0 saturated heterocycles. The molecule has 0 spiro atoms. The number of rotatable bonds is 8. The molecule has 1 N–H and O–H groups in total. The molecule has 0 heterocycles. The molecular formula is C18H22ClNNaO6+. The van der Waals surface area contributed by atoms with Crippen LogP contribution in [0.2, 0.25) is 5.02 Å². The average Bonchev–Trinajstić information content (AvgIpc) is 3.15. The van der Waals surface area contributed by atoms with Gasteiger partial charge in [0.05, 0.1) is 5.92 Å². The van der Waals surface area contributed by atoms with Gasteiger partial charge in [0.15, 0.2) is 0 Å². The topological polar surface area (TPSA) is 90.9 Å². The van der Waals surface area contributed by atoms with Crippen LogP contribution < -0.4 is 39.6 Å². The van der Waals surface area contributed by atoms with Gasteiger partial charge in [-0.05, 0) is 43.5 Å². The molecule has 1 aromatic carbocycles. The number of carbonyl (C=O) groups excluding carboxylic acids is 3. The van der Waals surface area contributed by atoms with Crippen LogP contribution in [0.25, 0.3) is 0 Å². The molecule has 142 valence electrons. The molecule has 1 fully saturated rings. The fraction of sp³-hybridized carbons (Fsp3) is 0.500. The van der Waals surface area contributed by atoms with Crippen LogP contribution in [0.4, 0.5) is 4.79 Å². The molecule has 0 radical (unpaired) electrons. The first-order chi connectivity index (χ1) is 12.5. The van der Waals surface area contributed by atoms with Crippen molar-refractivity contribution in [1.29, 1.82) is 0 Å².